The number of benzene rings is 3. The van der Waals surface area contributed by atoms with Gasteiger partial charge >= 0.3 is 53.1 Å². The SMILES string of the molecule is O.O=C(O)C1CCCCC1.O=C(O)c1cccc(C(=O)O)c1.O=C(O)c1cccc(C(=O)O)c1.O=C(O)c1cccc(C(=O)O)c1.[C-]#[O+]. The second-order valence-electron chi connectivity index (χ2n) is 9.25. The van der Waals surface area contributed by atoms with Gasteiger partial charge in [0.25, 0.3) is 0 Å². The third-order valence-electron chi connectivity index (χ3n) is 6.02. The fourth-order valence-electron chi connectivity index (χ4n) is 3.71. The molecule has 0 spiro atoms. The van der Waals surface area contributed by atoms with E-state index in [1.54, 1.807) is 0 Å². The predicted octanol–water partition coefficient (Wildman–Crippen LogP) is 4.04. The molecule has 0 unspecified atom stereocenters. The van der Waals surface area contributed by atoms with Gasteiger partial charge in [-0.2, -0.15) is 0 Å². The number of carboxylic acid groups (broad SMARTS) is 7. The molecular weight excluding hydrogens is 640 g/mol. The number of aromatic carboxylic acids is 6. The van der Waals surface area contributed by atoms with Crippen LogP contribution in [0.1, 0.15) is 94.3 Å². The van der Waals surface area contributed by atoms with Crippen LogP contribution in [0.25, 0.3) is 0 Å². The van der Waals surface area contributed by atoms with Crippen LogP contribution in [-0.2, 0) is 9.45 Å². The molecule has 0 atom stereocenters. The summed E-state index contributed by atoms with van der Waals surface area (Å²) in [7, 11) is 0. The van der Waals surface area contributed by atoms with Crippen molar-refractivity contribution in [3.63, 3.8) is 0 Å². The van der Waals surface area contributed by atoms with Crippen molar-refractivity contribution in [2.75, 3.05) is 0 Å². The van der Waals surface area contributed by atoms with E-state index in [0.717, 1.165) is 43.9 Å². The van der Waals surface area contributed by atoms with E-state index in [-0.39, 0.29) is 44.8 Å². The fourth-order valence-corrected chi connectivity index (χ4v) is 3.71. The van der Waals surface area contributed by atoms with Gasteiger partial charge in [-0.3, -0.25) is 4.79 Å². The molecule has 0 aliphatic heterocycles. The van der Waals surface area contributed by atoms with E-state index in [1.165, 1.54) is 61.0 Å². The zero-order valence-electron chi connectivity index (χ0n) is 24.9. The molecule has 0 radical (unpaired) electrons. The monoisotopic (exact) mass is 672 g/mol. The Labute approximate surface area is 272 Å². The van der Waals surface area contributed by atoms with Crippen molar-refractivity contribution in [1.29, 1.82) is 0 Å². The van der Waals surface area contributed by atoms with Crippen LogP contribution in [0, 0.1) is 12.6 Å². The predicted molar refractivity (Wildman–Crippen MR) is 163 cm³/mol. The molecule has 0 aromatic heterocycles. The molecule has 1 saturated carbocycles. The van der Waals surface area contributed by atoms with Crippen LogP contribution in [0.3, 0.4) is 0 Å². The van der Waals surface area contributed by atoms with Crippen molar-refractivity contribution < 1.29 is 79.4 Å². The molecule has 0 saturated heterocycles. The molecule has 16 nitrogen and oxygen atoms in total. The quantitative estimate of drug-likeness (QED) is 0.138. The summed E-state index contributed by atoms with van der Waals surface area (Å²) in [5.74, 6) is -7.39. The number of carbonyl (C=O) groups is 7. The van der Waals surface area contributed by atoms with Crippen molar-refractivity contribution in [1.82, 2.24) is 0 Å². The Morgan fingerprint density at radius 2 is 0.667 bits per heavy atom. The Morgan fingerprint density at radius 3 is 0.812 bits per heavy atom. The summed E-state index contributed by atoms with van der Waals surface area (Å²) in [4.78, 5) is 72.7. The number of carboxylic acids is 7. The molecule has 1 aliphatic carbocycles. The van der Waals surface area contributed by atoms with E-state index in [0.29, 0.717) is 0 Å². The summed E-state index contributed by atoms with van der Waals surface area (Å²) in [6, 6.07) is 15.6. The van der Waals surface area contributed by atoms with Gasteiger partial charge in [-0.1, -0.05) is 37.5 Å². The molecule has 0 bridgehead atoms. The average Bonchev–Trinajstić information content (AvgIpc) is 3.07. The molecule has 1 aliphatic rings. The van der Waals surface area contributed by atoms with Crippen LogP contribution in [0.15, 0.2) is 72.8 Å². The van der Waals surface area contributed by atoms with E-state index in [1.807, 2.05) is 0 Å². The van der Waals surface area contributed by atoms with E-state index in [2.05, 4.69) is 6.65 Å². The summed E-state index contributed by atoms with van der Waals surface area (Å²) in [5, 5.41) is 59.5. The number of aliphatic carboxylic acids is 1. The minimum absolute atomic E-state index is 0. The van der Waals surface area contributed by atoms with Gasteiger partial charge in [-0.25, -0.2) is 28.8 Å². The zero-order valence-corrected chi connectivity index (χ0v) is 24.9. The molecule has 4 rings (SSSR count). The molecule has 0 amide bonds. The molecule has 48 heavy (non-hydrogen) atoms. The molecule has 9 N–H and O–H groups in total. The maximum absolute atomic E-state index is 10.4. The van der Waals surface area contributed by atoms with Crippen molar-refractivity contribution in [3.05, 3.63) is 113 Å². The summed E-state index contributed by atoms with van der Waals surface area (Å²) in [6.07, 6.45) is 5.24. The first-order chi connectivity index (χ1) is 22.1. The Hall–Kier alpha value is -6.35. The van der Waals surface area contributed by atoms with Gasteiger partial charge in [-0.15, -0.1) is 0 Å². The number of hydrogen-bond acceptors (Lipinski definition) is 7. The summed E-state index contributed by atoms with van der Waals surface area (Å²) in [6.45, 7) is 4.50. The van der Waals surface area contributed by atoms with E-state index >= 15 is 0 Å². The molecule has 256 valence electrons. The van der Waals surface area contributed by atoms with Gasteiger partial charge in [0.2, 0.25) is 0 Å². The van der Waals surface area contributed by atoms with Gasteiger partial charge in [-0.05, 0) is 67.4 Å². The topological polar surface area (TPSA) is 312 Å². The molecule has 16 heteroatoms. The van der Waals surface area contributed by atoms with Crippen molar-refractivity contribution in [2.45, 2.75) is 32.1 Å². The third-order valence-corrected chi connectivity index (χ3v) is 6.02. The minimum atomic E-state index is -1.13. The molecular formula is C32H32O16. The standard InChI is InChI=1S/3C8H6O4.C7H12O2.CO.H2O/c3*9-7(10)5-2-1-3-6(4-5)8(11)12;8-7(9)6-4-2-1-3-5-6;1-2;/h3*1-4H,(H,9,10)(H,11,12);6H,1-5H2,(H,8,9);;1H2. The van der Waals surface area contributed by atoms with Crippen LogP contribution in [0.4, 0.5) is 0 Å². The Balaban J connectivity index is 0. The van der Waals surface area contributed by atoms with Gasteiger partial charge in [0.05, 0.1) is 39.3 Å². The van der Waals surface area contributed by atoms with Crippen LogP contribution in [0.5, 0.6) is 0 Å². The van der Waals surface area contributed by atoms with E-state index in [9.17, 15) is 33.6 Å². The first-order valence-electron chi connectivity index (χ1n) is 13.3. The summed E-state index contributed by atoms with van der Waals surface area (Å²) in [5.41, 5.74) is -0.112. The molecule has 3 aromatic carbocycles. The summed E-state index contributed by atoms with van der Waals surface area (Å²) < 4.78 is 7.50. The second kappa shape index (κ2) is 23.1. The molecule has 1 fully saturated rings. The van der Waals surface area contributed by atoms with Gasteiger partial charge < -0.3 is 41.2 Å². The van der Waals surface area contributed by atoms with Crippen LogP contribution < -0.4 is 0 Å². The normalized spacial score (nSPS) is 11.1. The van der Waals surface area contributed by atoms with Crippen LogP contribution in [0.2, 0.25) is 0 Å². The van der Waals surface area contributed by atoms with Crippen LogP contribution in [-0.4, -0.2) is 83.0 Å². The first-order valence-corrected chi connectivity index (χ1v) is 13.3. The zero-order chi connectivity index (χ0) is 36.1. The number of rotatable bonds is 7. The Bertz CT molecular complexity index is 1340. The van der Waals surface area contributed by atoms with Crippen LogP contribution >= 0.6 is 0 Å². The molecule has 3 aromatic rings. The average molecular weight is 673 g/mol. The van der Waals surface area contributed by atoms with Gasteiger partial charge in [0.1, 0.15) is 0 Å². The number of hydrogen-bond donors (Lipinski definition) is 7. The third kappa shape index (κ3) is 16.6. The summed E-state index contributed by atoms with van der Waals surface area (Å²) >= 11 is 0. The second-order valence-corrected chi connectivity index (χ2v) is 9.25. The Morgan fingerprint density at radius 1 is 0.458 bits per heavy atom. The fraction of sp³-hybridized carbons (Fsp3) is 0.188. The molecule has 0 heterocycles. The van der Waals surface area contributed by atoms with Gasteiger partial charge in [0, 0.05) is 0 Å². The van der Waals surface area contributed by atoms with Crippen molar-refractivity contribution in [2.24, 2.45) is 5.92 Å². The van der Waals surface area contributed by atoms with Crippen molar-refractivity contribution >= 4 is 41.8 Å². The van der Waals surface area contributed by atoms with E-state index in [4.69, 9.17) is 40.4 Å². The van der Waals surface area contributed by atoms with Crippen molar-refractivity contribution in [3.8, 4) is 0 Å². The van der Waals surface area contributed by atoms with E-state index < -0.39 is 41.8 Å². The first kappa shape index (κ1) is 43.8. The maximum atomic E-state index is 10.4. The Kier molecular flexibility index (Phi) is 21.0. The van der Waals surface area contributed by atoms with Gasteiger partial charge in [0.15, 0.2) is 0 Å².